The van der Waals surface area contributed by atoms with Gasteiger partial charge in [-0.05, 0) is 48.1 Å². The van der Waals surface area contributed by atoms with Crippen molar-refractivity contribution in [1.29, 1.82) is 0 Å². The number of aromatic nitrogens is 1. The van der Waals surface area contributed by atoms with E-state index in [9.17, 15) is 4.79 Å². The summed E-state index contributed by atoms with van der Waals surface area (Å²) in [6, 6.07) is 22.1. The van der Waals surface area contributed by atoms with E-state index in [2.05, 4.69) is 25.1 Å². The number of fused-ring (bicyclic) bond motifs is 1. The molecule has 4 rings (SSSR count). The predicted molar refractivity (Wildman–Crippen MR) is 126 cm³/mol. The van der Waals surface area contributed by atoms with Crippen LogP contribution in [-0.4, -0.2) is 11.7 Å². The normalized spacial score (nSPS) is 11.1. The number of hydrogen-bond donors (Lipinski definition) is 0. The third-order valence-corrected chi connectivity index (χ3v) is 5.88. The van der Waals surface area contributed by atoms with Crippen molar-refractivity contribution in [2.24, 2.45) is 7.05 Å². The first-order chi connectivity index (χ1) is 15.0. The fourth-order valence-electron chi connectivity index (χ4n) is 4.00. The first-order valence-corrected chi connectivity index (χ1v) is 10.4. The highest BCUT2D eigenvalue weighted by Crippen LogP contribution is 2.32. The minimum atomic E-state index is -0.00586. The lowest BCUT2D eigenvalue weighted by molar-refractivity contribution is 0.101. The molecule has 0 amide bonds. The largest absolute Gasteiger partial charge is 0.496 e. The Bertz CT molecular complexity index is 1290. The molecular formula is C27H27NO3. The minimum Gasteiger partial charge on any atom is -0.496 e. The lowest BCUT2D eigenvalue weighted by Gasteiger charge is -2.19. The quantitative estimate of drug-likeness (QED) is 0.416. The summed E-state index contributed by atoms with van der Waals surface area (Å²) < 4.78 is 13.3. The molecule has 0 aliphatic rings. The van der Waals surface area contributed by atoms with Crippen molar-refractivity contribution >= 4 is 10.8 Å². The maximum atomic E-state index is 13.2. The number of nitrogens with zero attached hydrogens (tertiary/aromatic N) is 1. The number of para-hydroxylation sites is 1. The summed E-state index contributed by atoms with van der Waals surface area (Å²) in [4.78, 5) is 13.2. The van der Waals surface area contributed by atoms with Crippen LogP contribution in [0, 0.1) is 13.8 Å². The Labute approximate surface area is 182 Å². The van der Waals surface area contributed by atoms with E-state index in [-0.39, 0.29) is 5.56 Å². The lowest BCUT2D eigenvalue weighted by Crippen LogP contribution is -2.23. The van der Waals surface area contributed by atoms with Crippen LogP contribution >= 0.6 is 0 Å². The van der Waals surface area contributed by atoms with Gasteiger partial charge in [-0.15, -0.1) is 0 Å². The van der Waals surface area contributed by atoms with Crippen LogP contribution in [0.15, 0.2) is 71.5 Å². The van der Waals surface area contributed by atoms with E-state index in [4.69, 9.17) is 9.47 Å². The summed E-state index contributed by atoms with van der Waals surface area (Å²) in [5.41, 5.74) is 6.23. The standard InChI is InChI=1S/C27H27NO3/c1-18-14-22-23(15-19(18)2)27(29)28(3)24(26(22)20-10-6-5-7-11-20)17-31-16-21-12-8-9-13-25(21)30-4/h5-15H,16-17H2,1-4H3. The molecule has 0 spiro atoms. The van der Waals surface area contributed by atoms with E-state index in [1.807, 2.05) is 62.5 Å². The van der Waals surface area contributed by atoms with Crippen molar-refractivity contribution in [3.05, 3.63) is 99.5 Å². The number of hydrogen-bond acceptors (Lipinski definition) is 3. The Morgan fingerprint density at radius 3 is 2.19 bits per heavy atom. The van der Waals surface area contributed by atoms with Crippen LogP contribution in [0.3, 0.4) is 0 Å². The van der Waals surface area contributed by atoms with Gasteiger partial charge in [0.1, 0.15) is 5.75 Å². The van der Waals surface area contributed by atoms with Gasteiger partial charge in [-0.25, -0.2) is 0 Å². The van der Waals surface area contributed by atoms with Gasteiger partial charge in [0.15, 0.2) is 0 Å². The Hall–Kier alpha value is -3.37. The molecular weight excluding hydrogens is 386 g/mol. The zero-order chi connectivity index (χ0) is 22.0. The number of ether oxygens (including phenoxy) is 2. The molecule has 0 radical (unpaired) electrons. The van der Waals surface area contributed by atoms with Gasteiger partial charge in [-0.2, -0.15) is 0 Å². The molecule has 0 saturated heterocycles. The molecule has 0 saturated carbocycles. The van der Waals surface area contributed by atoms with E-state index in [0.717, 1.165) is 44.5 Å². The Morgan fingerprint density at radius 1 is 0.839 bits per heavy atom. The van der Waals surface area contributed by atoms with Crippen LogP contribution in [-0.2, 0) is 25.0 Å². The van der Waals surface area contributed by atoms with Gasteiger partial charge in [0.25, 0.3) is 5.56 Å². The maximum absolute atomic E-state index is 13.2. The van der Waals surface area contributed by atoms with Crippen LogP contribution in [0.25, 0.3) is 21.9 Å². The molecule has 0 unspecified atom stereocenters. The van der Waals surface area contributed by atoms with Crippen molar-refractivity contribution < 1.29 is 9.47 Å². The second kappa shape index (κ2) is 8.78. The van der Waals surface area contributed by atoms with Gasteiger partial charge in [-0.3, -0.25) is 4.79 Å². The van der Waals surface area contributed by atoms with E-state index >= 15 is 0 Å². The highest BCUT2D eigenvalue weighted by atomic mass is 16.5. The van der Waals surface area contributed by atoms with Crippen molar-refractivity contribution in [3.8, 4) is 16.9 Å². The Kier molecular flexibility index (Phi) is 5.92. The monoisotopic (exact) mass is 413 g/mol. The number of benzene rings is 3. The summed E-state index contributed by atoms with van der Waals surface area (Å²) in [6.07, 6.45) is 0. The van der Waals surface area contributed by atoms with Gasteiger partial charge in [0.05, 0.1) is 26.0 Å². The van der Waals surface area contributed by atoms with Gasteiger partial charge in [-0.1, -0.05) is 54.6 Å². The molecule has 1 aromatic heterocycles. The van der Waals surface area contributed by atoms with Crippen LogP contribution in [0.5, 0.6) is 5.75 Å². The predicted octanol–water partition coefficient (Wildman–Crippen LogP) is 5.55. The highest BCUT2D eigenvalue weighted by Gasteiger charge is 2.17. The molecule has 0 atom stereocenters. The van der Waals surface area contributed by atoms with E-state index in [0.29, 0.717) is 13.2 Å². The molecule has 0 fully saturated rings. The first kappa shape index (κ1) is 20.9. The number of pyridine rings is 1. The number of aryl methyl sites for hydroxylation is 2. The molecule has 158 valence electrons. The maximum Gasteiger partial charge on any atom is 0.258 e. The number of rotatable bonds is 6. The Balaban J connectivity index is 1.83. The molecule has 0 aliphatic heterocycles. The zero-order valence-corrected chi connectivity index (χ0v) is 18.4. The third-order valence-electron chi connectivity index (χ3n) is 5.88. The van der Waals surface area contributed by atoms with Crippen LogP contribution in [0.1, 0.15) is 22.4 Å². The molecule has 4 nitrogen and oxygen atoms in total. The van der Waals surface area contributed by atoms with Crippen molar-refractivity contribution in [2.75, 3.05) is 7.11 Å². The van der Waals surface area contributed by atoms with Gasteiger partial charge in [0.2, 0.25) is 0 Å². The molecule has 0 bridgehead atoms. The number of methoxy groups -OCH3 is 1. The molecule has 4 aromatic rings. The van der Waals surface area contributed by atoms with Crippen molar-refractivity contribution in [2.45, 2.75) is 27.1 Å². The molecule has 1 heterocycles. The summed E-state index contributed by atoms with van der Waals surface area (Å²) in [5.74, 6) is 0.796. The summed E-state index contributed by atoms with van der Waals surface area (Å²) in [5, 5.41) is 1.70. The summed E-state index contributed by atoms with van der Waals surface area (Å²) >= 11 is 0. The topological polar surface area (TPSA) is 40.5 Å². The fraction of sp³-hybridized carbons (Fsp3) is 0.222. The second-order valence-electron chi connectivity index (χ2n) is 7.84. The van der Waals surface area contributed by atoms with Crippen molar-refractivity contribution in [1.82, 2.24) is 4.57 Å². The van der Waals surface area contributed by atoms with E-state index in [1.165, 1.54) is 5.56 Å². The lowest BCUT2D eigenvalue weighted by atomic mass is 9.94. The van der Waals surface area contributed by atoms with Gasteiger partial charge < -0.3 is 14.0 Å². The summed E-state index contributed by atoms with van der Waals surface area (Å²) in [7, 11) is 3.48. The van der Waals surface area contributed by atoms with E-state index in [1.54, 1.807) is 11.7 Å². The highest BCUT2D eigenvalue weighted by molar-refractivity contribution is 5.98. The Morgan fingerprint density at radius 2 is 1.48 bits per heavy atom. The van der Waals surface area contributed by atoms with E-state index < -0.39 is 0 Å². The molecule has 4 heteroatoms. The average Bonchev–Trinajstić information content (AvgIpc) is 2.79. The summed E-state index contributed by atoms with van der Waals surface area (Å²) in [6.45, 7) is 4.84. The van der Waals surface area contributed by atoms with Crippen molar-refractivity contribution in [3.63, 3.8) is 0 Å². The fourth-order valence-corrected chi connectivity index (χ4v) is 4.00. The zero-order valence-electron chi connectivity index (χ0n) is 18.4. The van der Waals surface area contributed by atoms with Crippen LogP contribution in [0.4, 0.5) is 0 Å². The molecule has 0 aliphatic carbocycles. The first-order valence-electron chi connectivity index (χ1n) is 10.4. The smallest absolute Gasteiger partial charge is 0.258 e. The SMILES string of the molecule is COc1ccccc1COCc1c(-c2ccccc2)c2cc(C)c(C)cc2c(=O)n1C. The average molecular weight is 414 g/mol. The minimum absolute atomic E-state index is 0.00586. The van der Waals surface area contributed by atoms with Gasteiger partial charge in [0, 0.05) is 23.6 Å². The van der Waals surface area contributed by atoms with Gasteiger partial charge >= 0.3 is 0 Å². The second-order valence-corrected chi connectivity index (χ2v) is 7.84. The van der Waals surface area contributed by atoms with Crippen LogP contribution in [0.2, 0.25) is 0 Å². The third kappa shape index (κ3) is 3.99. The molecule has 31 heavy (non-hydrogen) atoms. The molecule has 0 N–H and O–H groups in total. The van der Waals surface area contributed by atoms with Crippen LogP contribution < -0.4 is 10.3 Å². The molecule has 3 aromatic carbocycles.